The molecule has 21 heavy (non-hydrogen) atoms. The van der Waals surface area contributed by atoms with Gasteiger partial charge in [-0.05, 0) is 31.0 Å². The van der Waals surface area contributed by atoms with E-state index in [9.17, 15) is 4.79 Å². The number of methoxy groups -OCH3 is 2. The van der Waals surface area contributed by atoms with Crippen molar-refractivity contribution in [3.63, 3.8) is 0 Å². The molecule has 1 aliphatic heterocycles. The zero-order valence-corrected chi connectivity index (χ0v) is 12.6. The van der Waals surface area contributed by atoms with Gasteiger partial charge in [-0.3, -0.25) is 4.79 Å². The minimum absolute atomic E-state index is 0.141. The topological polar surface area (TPSA) is 50.8 Å². The Morgan fingerprint density at radius 2 is 2.05 bits per heavy atom. The lowest BCUT2D eigenvalue weighted by molar-refractivity contribution is -0.138. The van der Waals surface area contributed by atoms with Crippen LogP contribution in [0.15, 0.2) is 18.2 Å². The van der Waals surface area contributed by atoms with Gasteiger partial charge in [0.1, 0.15) is 11.5 Å². The summed E-state index contributed by atoms with van der Waals surface area (Å²) in [6.45, 7) is 2.20. The highest BCUT2D eigenvalue weighted by Gasteiger charge is 2.38. The first-order chi connectivity index (χ1) is 10.2. The van der Waals surface area contributed by atoms with E-state index in [4.69, 9.17) is 9.47 Å². The predicted molar refractivity (Wildman–Crippen MR) is 79.5 cm³/mol. The van der Waals surface area contributed by atoms with Crippen LogP contribution in [0.25, 0.3) is 0 Å². The van der Waals surface area contributed by atoms with Gasteiger partial charge in [0.05, 0.1) is 20.1 Å². The van der Waals surface area contributed by atoms with Gasteiger partial charge in [0.15, 0.2) is 0 Å². The Bertz CT molecular complexity index is 524. The second-order valence-corrected chi connectivity index (χ2v) is 5.73. The number of nitrogens with one attached hydrogen (secondary N) is 1. The van der Waals surface area contributed by atoms with Gasteiger partial charge in [-0.25, -0.2) is 0 Å². The summed E-state index contributed by atoms with van der Waals surface area (Å²) in [5.74, 6) is 2.00. The van der Waals surface area contributed by atoms with Crippen molar-refractivity contribution < 1.29 is 14.3 Å². The van der Waals surface area contributed by atoms with Crippen molar-refractivity contribution in [2.75, 3.05) is 27.3 Å². The Kier molecular flexibility index (Phi) is 4.01. The Morgan fingerprint density at radius 1 is 1.29 bits per heavy atom. The molecule has 1 saturated heterocycles. The molecule has 2 aliphatic rings. The average Bonchev–Trinajstić information content (AvgIpc) is 3.26. The maximum absolute atomic E-state index is 12.6. The van der Waals surface area contributed by atoms with E-state index in [1.807, 2.05) is 23.1 Å². The van der Waals surface area contributed by atoms with Crippen LogP contribution in [0.2, 0.25) is 0 Å². The highest BCUT2D eigenvalue weighted by molar-refractivity contribution is 5.81. The number of rotatable bonds is 6. The van der Waals surface area contributed by atoms with Crippen LogP contribution in [0.4, 0.5) is 0 Å². The zero-order valence-electron chi connectivity index (χ0n) is 12.6. The van der Waals surface area contributed by atoms with Crippen molar-refractivity contribution in [2.24, 2.45) is 5.92 Å². The second kappa shape index (κ2) is 5.93. The van der Waals surface area contributed by atoms with Gasteiger partial charge in [0.2, 0.25) is 5.91 Å². The molecule has 0 unspecified atom stereocenters. The Hall–Kier alpha value is -1.75. The number of ether oxygens (including phenoxy) is 2. The van der Waals surface area contributed by atoms with E-state index in [1.54, 1.807) is 14.2 Å². The van der Waals surface area contributed by atoms with E-state index >= 15 is 0 Å². The second-order valence-electron chi connectivity index (χ2n) is 5.73. The number of hydrogen-bond acceptors (Lipinski definition) is 4. The maximum atomic E-state index is 12.6. The highest BCUT2D eigenvalue weighted by Crippen LogP contribution is 2.33. The first kappa shape index (κ1) is 14.2. The van der Waals surface area contributed by atoms with Crippen molar-refractivity contribution in [1.82, 2.24) is 10.2 Å². The molecule has 1 aliphatic carbocycles. The molecule has 5 nitrogen and oxygen atoms in total. The summed E-state index contributed by atoms with van der Waals surface area (Å²) >= 11 is 0. The van der Waals surface area contributed by atoms with Gasteiger partial charge in [0.25, 0.3) is 0 Å². The smallest absolute Gasteiger partial charge is 0.228 e. The summed E-state index contributed by atoms with van der Waals surface area (Å²) in [6, 6.07) is 6.13. The van der Waals surface area contributed by atoms with Crippen LogP contribution in [0.1, 0.15) is 18.4 Å². The largest absolute Gasteiger partial charge is 0.497 e. The third-order valence-electron chi connectivity index (χ3n) is 4.23. The molecule has 0 radical (unpaired) electrons. The number of nitrogens with zero attached hydrogens (tertiary/aromatic N) is 1. The number of hydrogen-bond donors (Lipinski definition) is 1. The van der Waals surface area contributed by atoms with Gasteiger partial charge in [-0.1, -0.05) is 0 Å². The molecule has 0 atom stereocenters. The fraction of sp³-hybridized carbons (Fsp3) is 0.562. The molecule has 0 aromatic heterocycles. The first-order valence-corrected chi connectivity index (χ1v) is 7.45. The standard InChI is InChI=1S/C16H22N2O3/c1-20-14-5-6-15(21-2)11(7-14)10-18(13-3-4-13)16(19)12-8-17-9-12/h5-7,12-13,17H,3-4,8-10H2,1-2H3. The lowest BCUT2D eigenvalue weighted by Crippen LogP contribution is -2.52. The van der Waals surface area contributed by atoms with E-state index in [1.165, 1.54) is 0 Å². The van der Waals surface area contributed by atoms with Crippen molar-refractivity contribution in [2.45, 2.75) is 25.4 Å². The van der Waals surface area contributed by atoms with E-state index in [0.29, 0.717) is 12.6 Å². The number of carbonyl (C=O) groups excluding carboxylic acids is 1. The van der Waals surface area contributed by atoms with Crippen LogP contribution < -0.4 is 14.8 Å². The molecule has 1 aromatic carbocycles. The van der Waals surface area contributed by atoms with Gasteiger partial charge in [0, 0.05) is 31.2 Å². The van der Waals surface area contributed by atoms with E-state index in [2.05, 4.69) is 5.32 Å². The van der Waals surface area contributed by atoms with Crippen LogP contribution in [-0.4, -0.2) is 44.2 Å². The predicted octanol–water partition coefficient (Wildman–Crippen LogP) is 1.41. The molecule has 0 spiro atoms. The molecule has 1 saturated carbocycles. The zero-order chi connectivity index (χ0) is 14.8. The molecular formula is C16H22N2O3. The molecule has 5 heteroatoms. The summed E-state index contributed by atoms with van der Waals surface area (Å²) in [4.78, 5) is 14.6. The molecule has 1 heterocycles. The third kappa shape index (κ3) is 2.97. The van der Waals surface area contributed by atoms with Gasteiger partial charge < -0.3 is 19.7 Å². The van der Waals surface area contributed by atoms with Gasteiger partial charge in [-0.2, -0.15) is 0 Å². The first-order valence-electron chi connectivity index (χ1n) is 7.45. The van der Waals surface area contributed by atoms with Crippen LogP contribution in [0.5, 0.6) is 11.5 Å². The minimum Gasteiger partial charge on any atom is -0.497 e. The Balaban J connectivity index is 1.80. The quantitative estimate of drug-likeness (QED) is 0.861. The van der Waals surface area contributed by atoms with E-state index < -0.39 is 0 Å². The summed E-state index contributed by atoms with van der Waals surface area (Å²) in [7, 11) is 3.31. The molecule has 2 fully saturated rings. The average molecular weight is 290 g/mol. The van der Waals surface area contributed by atoms with E-state index in [0.717, 1.165) is 43.0 Å². The maximum Gasteiger partial charge on any atom is 0.228 e. The summed E-state index contributed by atoms with van der Waals surface area (Å²) in [6.07, 6.45) is 2.22. The number of amides is 1. The van der Waals surface area contributed by atoms with Crippen LogP contribution >= 0.6 is 0 Å². The molecular weight excluding hydrogens is 268 g/mol. The molecule has 1 aromatic rings. The molecule has 1 amide bonds. The lowest BCUT2D eigenvalue weighted by atomic mass is 10.0. The molecule has 3 rings (SSSR count). The van der Waals surface area contributed by atoms with Gasteiger partial charge in [-0.15, -0.1) is 0 Å². The molecule has 1 N–H and O–H groups in total. The molecule has 114 valence electrons. The van der Waals surface area contributed by atoms with Crippen LogP contribution in [0, 0.1) is 5.92 Å². The van der Waals surface area contributed by atoms with Crippen molar-refractivity contribution in [3.8, 4) is 11.5 Å². The van der Waals surface area contributed by atoms with E-state index in [-0.39, 0.29) is 11.8 Å². The fourth-order valence-electron chi connectivity index (χ4n) is 2.66. The monoisotopic (exact) mass is 290 g/mol. The third-order valence-corrected chi connectivity index (χ3v) is 4.23. The van der Waals surface area contributed by atoms with Gasteiger partial charge >= 0.3 is 0 Å². The summed E-state index contributed by atoms with van der Waals surface area (Å²) in [5.41, 5.74) is 1.00. The van der Waals surface area contributed by atoms with Crippen molar-refractivity contribution in [1.29, 1.82) is 0 Å². The number of carbonyl (C=O) groups is 1. The lowest BCUT2D eigenvalue weighted by Gasteiger charge is -2.33. The van der Waals surface area contributed by atoms with Crippen LogP contribution in [0.3, 0.4) is 0 Å². The van der Waals surface area contributed by atoms with Crippen molar-refractivity contribution in [3.05, 3.63) is 23.8 Å². The Morgan fingerprint density at radius 3 is 2.57 bits per heavy atom. The SMILES string of the molecule is COc1ccc(OC)c(CN(C(=O)C2CNC2)C2CC2)c1. The minimum atomic E-state index is 0.141. The summed E-state index contributed by atoms with van der Waals surface area (Å²) in [5, 5.41) is 3.17. The Labute approximate surface area is 125 Å². The van der Waals surface area contributed by atoms with Crippen molar-refractivity contribution >= 4 is 5.91 Å². The van der Waals surface area contributed by atoms with Crippen LogP contribution in [-0.2, 0) is 11.3 Å². The number of benzene rings is 1. The highest BCUT2D eigenvalue weighted by atomic mass is 16.5. The summed E-state index contributed by atoms with van der Waals surface area (Å²) < 4.78 is 10.7. The molecule has 0 bridgehead atoms. The normalized spacial score (nSPS) is 18.0. The fourth-order valence-corrected chi connectivity index (χ4v) is 2.66.